The number of fused-ring (bicyclic) bond motifs is 1. The van der Waals surface area contributed by atoms with Crippen molar-refractivity contribution in [1.29, 1.82) is 0 Å². The third-order valence-electron chi connectivity index (χ3n) is 5.28. The molecule has 2 amide bonds. The summed E-state index contributed by atoms with van der Waals surface area (Å²) in [5, 5.41) is 6.35. The monoisotopic (exact) mass is 456 g/mol. The molecule has 3 aromatic rings. The van der Waals surface area contributed by atoms with Gasteiger partial charge in [0.15, 0.2) is 0 Å². The summed E-state index contributed by atoms with van der Waals surface area (Å²) in [5.41, 5.74) is 0.149. The van der Waals surface area contributed by atoms with Gasteiger partial charge in [-0.25, -0.2) is 4.68 Å². The van der Waals surface area contributed by atoms with Gasteiger partial charge in [0, 0.05) is 23.5 Å². The van der Waals surface area contributed by atoms with Gasteiger partial charge in [-0.2, -0.15) is 18.3 Å². The highest BCUT2D eigenvalue weighted by Crippen LogP contribution is 2.33. The number of hydrogen-bond donors (Lipinski definition) is 1. The molecule has 1 aliphatic heterocycles. The summed E-state index contributed by atoms with van der Waals surface area (Å²) >= 11 is 0. The van der Waals surface area contributed by atoms with Crippen LogP contribution >= 0.6 is 0 Å². The Morgan fingerprint density at radius 3 is 2.61 bits per heavy atom. The van der Waals surface area contributed by atoms with E-state index in [1.54, 1.807) is 4.90 Å². The molecule has 1 atom stereocenters. The largest absolute Gasteiger partial charge is 0.416 e. The second kappa shape index (κ2) is 8.53. The number of carbonyl (C=O) groups excluding carboxylic acids is 2. The minimum Gasteiger partial charge on any atom is -0.324 e. The van der Waals surface area contributed by atoms with E-state index >= 15 is 0 Å². The third-order valence-corrected chi connectivity index (χ3v) is 5.28. The minimum absolute atomic E-state index is 0.0231. The molecule has 4 rings (SSSR count). The van der Waals surface area contributed by atoms with Gasteiger partial charge in [0.1, 0.15) is 12.2 Å². The van der Waals surface area contributed by atoms with Gasteiger partial charge in [-0.15, -0.1) is 0 Å². The van der Waals surface area contributed by atoms with Gasteiger partial charge in [0.05, 0.1) is 5.56 Å². The number of benzene rings is 2. The fourth-order valence-electron chi connectivity index (χ4n) is 3.78. The fourth-order valence-corrected chi connectivity index (χ4v) is 3.78. The molecule has 33 heavy (non-hydrogen) atoms. The van der Waals surface area contributed by atoms with E-state index in [1.807, 2.05) is 31.2 Å². The Balaban J connectivity index is 1.53. The Labute approximate surface area is 186 Å². The highest BCUT2D eigenvalue weighted by Gasteiger charge is 2.32. The van der Waals surface area contributed by atoms with Crippen LogP contribution in [0.15, 0.2) is 65.5 Å². The van der Waals surface area contributed by atoms with Gasteiger partial charge in [-0.3, -0.25) is 14.4 Å². The van der Waals surface area contributed by atoms with Crippen molar-refractivity contribution < 1.29 is 22.8 Å². The number of halogens is 3. The Bertz CT molecular complexity index is 1290. The molecule has 7 nitrogen and oxygen atoms in total. The molecule has 0 aliphatic carbocycles. The molecular weight excluding hydrogens is 437 g/mol. The van der Waals surface area contributed by atoms with Crippen molar-refractivity contribution in [1.82, 2.24) is 9.78 Å². The van der Waals surface area contributed by atoms with E-state index in [2.05, 4.69) is 10.4 Å². The molecule has 0 fully saturated rings. The molecule has 0 saturated carbocycles. The molecule has 0 radical (unpaired) electrons. The maximum absolute atomic E-state index is 13.1. The number of aromatic nitrogens is 2. The van der Waals surface area contributed by atoms with Crippen LogP contribution < -0.4 is 15.8 Å². The second-order valence-electron chi connectivity index (χ2n) is 7.70. The van der Waals surface area contributed by atoms with Crippen molar-refractivity contribution in [2.45, 2.75) is 32.1 Å². The summed E-state index contributed by atoms with van der Waals surface area (Å²) in [6, 6.07) is 13.9. The molecule has 10 heteroatoms. The smallest absolute Gasteiger partial charge is 0.324 e. The van der Waals surface area contributed by atoms with Crippen molar-refractivity contribution in [3.63, 3.8) is 0 Å². The maximum Gasteiger partial charge on any atom is 0.416 e. The number of alkyl halides is 3. The highest BCUT2D eigenvalue weighted by molar-refractivity contribution is 6.06. The van der Waals surface area contributed by atoms with Crippen LogP contribution in [0.1, 0.15) is 28.5 Å². The SMILES string of the molecule is C[C@@H]1Cc2ccccc2N1C(=O)c1ccc(=O)n(CC(=O)Nc2cccc(C(F)(F)F)c2)n1. The van der Waals surface area contributed by atoms with Crippen molar-refractivity contribution in [2.24, 2.45) is 0 Å². The number of hydrogen-bond acceptors (Lipinski definition) is 4. The normalized spacial score (nSPS) is 15.3. The van der Waals surface area contributed by atoms with E-state index in [0.29, 0.717) is 6.42 Å². The van der Waals surface area contributed by atoms with Crippen LogP contribution in [-0.2, 0) is 23.9 Å². The zero-order valence-electron chi connectivity index (χ0n) is 17.5. The van der Waals surface area contributed by atoms with Crippen molar-refractivity contribution >= 4 is 23.2 Å². The van der Waals surface area contributed by atoms with Gasteiger partial charge in [0.2, 0.25) is 5.91 Å². The van der Waals surface area contributed by atoms with Crippen molar-refractivity contribution in [3.05, 3.63) is 87.8 Å². The topological polar surface area (TPSA) is 84.3 Å². The number of nitrogens with one attached hydrogen (secondary N) is 1. The average molecular weight is 456 g/mol. The molecule has 2 aromatic carbocycles. The Hall–Kier alpha value is -3.95. The van der Waals surface area contributed by atoms with Gasteiger partial charge in [-0.1, -0.05) is 24.3 Å². The summed E-state index contributed by atoms with van der Waals surface area (Å²) in [7, 11) is 0. The number of nitrogens with zero attached hydrogens (tertiary/aromatic N) is 3. The number of rotatable bonds is 4. The molecular formula is C23H19F3N4O3. The van der Waals surface area contributed by atoms with Crippen molar-refractivity contribution in [2.75, 3.05) is 10.2 Å². The van der Waals surface area contributed by atoms with E-state index in [9.17, 15) is 27.6 Å². The van der Waals surface area contributed by atoms with E-state index in [4.69, 9.17) is 0 Å². The second-order valence-corrected chi connectivity index (χ2v) is 7.70. The number of para-hydroxylation sites is 1. The quantitative estimate of drug-likeness (QED) is 0.652. The minimum atomic E-state index is -4.56. The van der Waals surface area contributed by atoms with Crippen LogP contribution in [0.4, 0.5) is 24.5 Å². The standard InChI is InChI=1S/C23H19F3N4O3/c1-14-11-15-5-2-3-8-19(15)30(14)22(33)18-9-10-21(32)29(28-18)13-20(31)27-17-7-4-6-16(12-17)23(24,25)26/h2-10,12,14H,11,13H2,1H3,(H,27,31)/t14-/m1/s1. The lowest BCUT2D eigenvalue weighted by Gasteiger charge is -2.22. The lowest BCUT2D eigenvalue weighted by molar-refractivity contribution is -0.137. The first-order chi connectivity index (χ1) is 15.6. The first kappa shape index (κ1) is 22.3. The van der Waals surface area contributed by atoms with Gasteiger partial charge >= 0.3 is 6.18 Å². The van der Waals surface area contributed by atoms with E-state index < -0.39 is 35.7 Å². The summed E-state index contributed by atoms with van der Waals surface area (Å²) < 4.78 is 39.4. The summed E-state index contributed by atoms with van der Waals surface area (Å²) in [6.45, 7) is 1.33. The van der Waals surface area contributed by atoms with Crippen LogP contribution in [0, 0.1) is 0 Å². The zero-order chi connectivity index (χ0) is 23.8. The van der Waals surface area contributed by atoms with Crippen LogP contribution in [-0.4, -0.2) is 27.6 Å². The number of anilines is 2. The predicted octanol–water partition coefficient (Wildman–Crippen LogP) is 3.49. The molecule has 0 spiro atoms. The molecule has 1 aliphatic rings. The lowest BCUT2D eigenvalue weighted by Crippen LogP contribution is -2.38. The van der Waals surface area contributed by atoms with E-state index in [0.717, 1.165) is 40.2 Å². The zero-order valence-corrected chi connectivity index (χ0v) is 17.5. The summed E-state index contributed by atoms with van der Waals surface area (Å²) in [6.07, 6.45) is -3.87. The maximum atomic E-state index is 13.1. The van der Waals surface area contributed by atoms with Crippen molar-refractivity contribution in [3.8, 4) is 0 Å². The van der Waals surface area contributed by atoms with Crippen LogP contribution in [0.5, 0.6) is 0 Å². The number of carbonyl (C=O) groups is 2. The molecule has 0 bridgehead atoms. The first-order valence-electron chi connectivity index (χ1n) is 10.1. The number of amides is 2. The third kappa shape index (κ3) is 4.64. The molecule has 1 N–H and O–H groups in total. The Kier molecular flexibility index (Phi) is 5.75. The Morgan fingerprint density at radius 2 is 1.85 bits per heavy atom. The highest BCUT2D eigenvalue weighted by atomic mass is 19.4. The Morgan fingerprint density at radius 1 is 1.09 bits per heavy atom. The van der Waals surface area contributed by atoms with E-state index in [-0.39, 0.29) is 17.4 Å². The lowest BCUT2D eigenvalue weighted by atomic mass is 10.1. The summed E-state index contributed by atoms with van der Waals surface area (Å²) in [4.78, 5) is 39.3. The van der Waals surface area contributed by atoms with Gasteiger partial charge < -0.3 is 10.2 Å². The molecule has 1 aromatic heterocycles. The van der Waals surface area contributed by atoms with Gasteiger partial charge in [0.25, 0.3) is 11.5 Å². The average Bonchev–Trinajstić information content (AvgIpc) is 3.10. The molecule has 0 unspecified atom stereocenters. The predicted molar refractivity (Wildman–Crippen MR) is 115 cm³/mol. The molecule has 170 valence electrons. The van der Waals surface area contributed by atoms with Crippen LogP contribution in [0.25, 0.3) is 0 Å². The fraction of sp³-hybridized carbons (Fsp3) is 0.217. The summed E-state index contributed by atoms with van der Waals surface area (Å²) in [5.74, 6) is -1.17. The molecule has 2 heterocycles. The first-order valence-corrected chi connectivity index (χ1v) is 10.1. The van der Waals surface area contributed by atoms with Crippen LogP contribution in [0.2, 0.25) is 0 Å². The molecule has 0 saturated heterocycles. The van der Waals surface area contributed by atoms with Gasteiger partial charge in [-0.05, 0) is 49.2 Å². The van der Waals surface area contributed by atoms with E-state index in [1.165, 1.54) is 12.1 Å². The van der Waals surface area contributed by atoms with Crippen LogP contribution in [0.3, 0.4) is 0 Å².